The average molecular weight is 441 g/mol. The fraction of sp³-hybridized carbons (Fsp3) is 0.500. The molecule has 0 bridgehead atoms. The topological polar surface area (TPSA) is 52.5 Å². The van der Waals surface area contributed by atoms with E-state index < -0.39 is 5.72 Å². The van der Waals surface area contributed by atoms with E-state index in [0.29, 0.717) is 35.7 Å². The zero-order valence-electron chi connectivity index (χ0n) is 20.0. The van der Waals surface area contributed by atoms with Gasteiger partial charge in [0.25, 0.3) is 0 Å². The van der Waals surface area contributed by atoms with Crippen LogP contribution >= 0.6 is 0 Å². The molecule has 1 fully saturated rings. The summed E-state index contributed by atoms with van der Waals surface area (Å²) in [6, 6.07) is 5.85. The van der Waals surface area contributed by atoms with Gasteiger partial charge in [0.15, 0.2) is 5.76 Å². The number of methoxy groups -OCH3 is 2. The van der Waals surface area contributed by atoms with E-state index in [1.165, 1.54) is 0 Å². The predicted molar refractivity (Wildman–Crippen MR) is 127 cm³/mol. The second kappa shape index (κ2) is 9.72. The average Bonchev–Trinajstić information content (AvgIpc) is 3.16. The SMILES string of the molecule is C=CC(=C)OC(=C)C1=NOC2(C(C)CC(C)CC2CC)N1Cc1ccc(OC)cc1OC. The second-order valence-corrected chi connectivity index (χ2v) is 8.80. The number of oxime groups is 1. The third-order valence-electron chi connectivity index (χ3n) is 6.74. The Morgan fingerprint density at radius 2 is 2.00 bits per heavy atom. The molecule has 3 rings (SSSR count). The van der Waals surface area contributed by atoms with E-state index in [9.17, 15) is 0 Å². The summed E-state index contributed by atoms with van der Waals surface area (Å²) in [4.78, 5) is 8.56. The molecule has 1 saturated carbocycles. The minimum Gasteiger partial charge on any atom is -0.497 e. The van der Waals surface area contributed by atoms with E-state index in [-0.39, 0.29) is 5.92 Å². The Morgan fingerprint density at radius 3 is 2.62 bits per heavy atom. The van der Waals surface area contributed by atoms with Crippen molar-refractivity contribution in [2.75, 3.05) is 14.2 Å². The second-order valence-electron chi connectivity index (χ2n) is 8.80. The normalized spacial score (nSPS) is 26.8. The Balaban J connectivity index is 2.05. The lowest BCUT2D eigenvalue weighted by Crippen LogP contribution is -2.60. The van der Waals surface area contributed by atoms with Gasteiger partial charge in [-0.3, -0.25) is 0 Å². The Hall–Kier alpha value is -2.89. The van der Waals surface area contributed by atoms with E-state index in [2.05, 4.69) is 50.6 Å². The highest BCUT2D eigenvalue weighted by atomic mass is 16.7. The van der Waals surface area contributed by atoms with Crippen LogP contribution in [0.1, 0.15) is 45.6 Å². The van der Waals surface area contributed by atoms with Crippen molar-refractivity contribution < 1.29 is 19.0 Å². The van der Waals surface area contributed by atoms with E-state index in [1.807, 2.05) is 18.2 Å². The molecule has 0 N–H and O–H groups in total. The Kier molecular flexibility index (Phi) is 7.22. The lowest BCUT2D eigenvalue weighted by atomic mass is 9.68. The quantitative estimate of drug-likeness (QED) is 0.355. The van der Waals surface area contributed by atoms with Crippen LogP contribution in [0.25, 0.3) is 0 Å². The van der Waals surface area contributed by atoms with Crippen LogP contribution in [0.4, 0.5) is 0 Å². The van der Waals surface area contributed by atoms with Gasteiger partial charge in [-0.1, -0.05) is 45.7 Å². The summed E-state index contributed by atoms with van der Waals surface area (Å²) < 4.78 is 16.8. The van der Waals surface area contributed by atoms with Crippen LogP contribution in [0.5, 0.6) is 11.5 Å². The molecule has 0 amide bonds. The van der Waals surface area contributed by atoms with Gasteiger partial charge in [-0.15, -0.1) is 0 Å². The number of allylic oxidation sites excluding steroid dienone is 1. The Labute approximate surface area is 192 Å². The van der Waals surface area contributed by atoms with E-state index in [1.54, 1.807) is 20.3 Å². The Morgan fingerprint density at radius 1 is 1.25 bits per heavy atom. The van der Waals surface area contributed by atoms with Gasteiger partial charge < -0.3 is 23.9 Å². The first-order valence-electron chi connectivity index (χ1n) is 11.2. The molecule has 4 unspecified atom stereocenters. The lowest BCUT2D eigenvalue weighted by Gasteiger charge is -2.50. The summed E-state index contributed by atoms with van der Waals surface area (Å²) in [7, 11) is 3.31. The minimum absolute atomic E-state index is 0.261. The van der Waals surface area contributed by atoms with Gasteiger partial charge in [0.05, 0.1) is 20.8 Å². The van der Waals surface area contributed by atoms with Crippen LogP contribution < -0.4 is 9.47 Å². The van der Waals surface area contributed by atoms with Crippen LogP contribution in [0.15, 0.2) is 60.7 Å². The maximum absolute atomic E-state index is 6.35. The zero-order valence-corrected chi connectivity index (χ0v) is 20.0. The fourth-order valence-corrected chi connectivity index (χ4v) is 5.21. The molecule has 1 spiro atoms. The maximum atomic E-state index is 6.35. The van der Waals surface area contributed by atoms with Crippen LogP contribution in [-0.2, 0) is 16.1 Å². The molecule has 1 aliphatic carbocycles. The number of rotatable bonds is 9. The first-order chi connectivity index (χ1) is 15.3. The third kappa shape index (κ3) is 4.23. The Bertz CT molecular complexity index is 909. The van der Waals surface area contributed by atoms with Crippen molar-refractivity contribution >= 4 is 5.84 Å². The molecule has 1 aliphatic heterocycles. The first kappa shape index (κ1) is 23.8. The van der Waals surface area contributed by atoms with Crippen LogP contribution in [0, 0.1) is 17.8 Å². The van der Waals surface area contributed by atoms with Crippen molar-refractivity contribution in [2.24, 2.45) is 22.9 Å². The summed E-state index contributed by atoms with van der Waals surface area (Å²) in [5, 5.41) is 4.52. The number of hydrogen-bond donors (Lipinski definition) is 0. The van der Waals surface area contributed by atoms with Crippen molar-refractivity contribution in [3.8, 4) is 11.5 Å². The zero-order chi connectivity index (χ0) is 23.5. The molecule has 2 aliphatic rings. The molecule has 0 radical (unpaired) electrons. The number of benzene rings is 1. The number of nitrogens with zero attached hydrogens (tertiary/aromatic N) is 2. The molecule has 1 heterocycles. The van der Waals surface area contributed by atoms with Gasteiger partial charge in [-0.2, -0.15) is 0 Å². The molecule has 1 aromatic carbocycles. The summed E-state index contributed by atoms with van der Waals surface area (Å²) in [5.41, 5.74) is 0.422. The maximum Gasteiger partial charge on any atom is 0.217 e. The molecule has 1 aromatic rings. The monoisotopic (exact) mass is 440 g/mol. The molecule has 6 nitrogen and oxygen atoms in total. The molecule has 6 heteroatoms. The third-order valence-corrected chi connectivity index (χ3v) is 6.74. The summed E-state index contributed by atoms with van der Waals surface area (Å²) in [5.74, 6) is 4.07. The number of hydrogen-bond acceptors (Lipinski definition) is 6. The van der Waals surface area contributed by atoms with Gasteiger partial charge in [-0.25, -0.2) is 0 Å². The number of amidine groups is 1. The molecule has 32 heavy (non-hydrogen) atoms. The van der Waals surface area contributed by atoms with Gasteiger partial charge in [0, 0.05) is 23.5 Å². The summed E-state index contributed by atoms with van der Waals surface area (Å²) in [6.45, 7) is 19.0. The minimum atomic E-state index is -0.580. The van der Waals surface area contributed by atoms with E-state index >= 15 is 0 Å². The molecule has 4 atom stereocenters. The predicted octanol–water partition coefficient (Wildman–Crippen LogP) is 5.87. The smallest absolute Gasteiger partial charge is 0.217 e. The largest absolute Gasteiger partial charge is 0.497 e. The fourth-order valence-electron chi connectivity index (χ4n) is 5.21. The lowest BCUT2D eigenvalue weighted by molar-refractivity contribution is -0.200. The molecular formula is C26H36N2O4. The first-order valence-corrected chi connectivity index (χ1v) is 11.2. The van der Waals surface area contributed by atoms with Crippen molar-refractivity contribution in [1.29, 1.82) is 0 Å². The number of ether oxygens (including phenoxy) is 3. The highest BCUT2D eigenvalue weighted by Crippen LogP contribution is 2.51. The molecule has 0 aromatic heterocycles. The summed E-state index contributed by atoms with van der Waals surface area (Å²) >= 11 is 0. The van der Waals surface area contributed by atoms with Crippen molar-refractivity contribution in [3.05, 3.63) is 61.1 Å². The van der Waals surface area contributed by atoms with Gasteiger partial charge >= 0.3 is 0 Å². The van der Waals surface area contributed by atoms with E-state index in [0.717, 1.165) is 36.3 Å². The standard InChI is InChI=1S/C26H36N2O4/c1-9-19(5)31-20(6)25-27-32-26(18(4)13-17(3)14-22(26)10-2)28(25)16-21-11-12-23(29-7)15-24(21)30-8/h9,11-12,15,17-18,22H,1,5-6,10,13-14,16H2,2-4,7-8H3. The molecule has 174 valence electrons. The van der Waals surface area contributed by atoms with Crippen LogP contribution in [-0.4, -0.2) is 30.7 Å². The van der Waals surface area contributed by atoms with Crippen molar-refractivity contribution in [1.82, 2.24) is 4.90 Å². The molecular weight excluding hydrogens is 404 g/mol. The van der Waals surface area contributed by atoms with Gasteiger partial charge in [0.2, 0.25) is 11.6 Å². The van der Waals surface area contributed by atoms with Crippen LogP contribution in [0.3, 0.4) is 0 Å². The van der Waals surface area contributed by atoms with Crippen LogP contribution in [0.2, 0.25) is 0 Å². The van der Waals surface area contributed by atoms with Gasteiger partial charge in [0.1, 0.15) is 17.3 Å². The van der Waals surface area contributed by atoms with Crippen molar-refractivity contribution in [3.63, 3.8) is 0 Å². The van der Waals surface area contributed by atoms with E-state index in [4.69, 9.17) is 19.0 Å². The molecule has 0 saturated heterocycles. The van der Waals surface area contributed by atoms with Crippen molar-refractivity contribution in [2.45, 2.75) is 52.3 Å². The highest BCUT2D eigenvalue weighted by molar-refractivity contribution is 5.97. The highest BCUT2D eigenvalue weighted by Gasteiger charge is 2.58. The van der Waals surface area contributed by atoms with Gasteiger partial charge in [-0.05, 0) is 43.4 Å². The summed E-state index contributed by atoms with van der Waals surface area (Å²) in [6.07, 6.45) is 4.67.